The molecule has 0 atom stereocenters. The molecule has 0 spiro atoms. The van der Waals surface area contributed by atoms with E-state index >= 15 is 0 Å². The van der Waals surface area contributed by atoms with Gasteiger partial charge in [-0.15, -0.1) is 0 Å². The summed E-state index contributed by atoms with van der Waals surface area (Å²) < 4.78 is 42.1. The van der Waals surface area contributed by atoms with Gasteiger partial charge in [0, 0.05) is 13.6 Å². The highest BCUT2D eigenvalue weighted by Gasteiger charge is 2.28. The fourth-order valence-electron chi connectivity index (χ4n) is 2.63. The summed E-state index contributed by atoms with van der Waals surface area (Å²) >= 11 is 0. The quantitative estimate of drug-likeness (QED) is 0.604. The molecule has 29 heavy (non-hydrogen) atoms. The summed E-state index contributed by atoms with van der Waals surface area (Å²) in [6.45, 7) is 2.45. The van der Waals surface area contributed by atoms with Crippen LogP contribution >= 0.6 is 0 Å². The molecule has 0 fully saturated rings. The van der Waals surface area contributed by atoms with Gasteiger partial charge in [0.05, 0.1) is 36.8 Å². The van der Waals surface area contributed by atoms with Crippen LogP contribution in [0.5, 0.6) is 5.75 Å². The third-order valence-corrected chi connectivity index (χ3v) is 5.98. The monoisotopic (exact) mass is 421 g/mol. The van der Waals surface area contributed by atoms with E-state index in [1.165, 1.54) is 26.3 Å². The molecule has 0 N–H and O–H groups in total. The Hall–Kier alpha value is -2.91. The van der Waals surface area contributed by atoms with Gasteiger partial charge in [-0.1, -0.05) is 12.1 Å². The average Bonchev–Trinajstić information content (AvgIpc) is 2.73. The lowest BCUT2D eigenvalue weighted by Gasteiger charge is -2.19. The van der Waals surface area contributed by atoms with Crippen LogP contribution in [0.1, 0.15) is 33.2 Å². The van der Waals surface area contributed by atoms with E-state index in [4.69, 9.17) is 4.74 Å². The summed E-state index contributed by atoms with van der Waals surface area (Å²) in [6, 6.07) is 10.7. The minimum Gasteiger partial charge on any atom is -0.494 e. The van der Waals surface area contributed by atoms with Crippen molar-refractivity contribution in [2.24, 2.45) is 0 Å². The minimum atomic E-state index is -4.11. The number of methoxy groups -OCH3 is 2. The first-order valence-electron chi connectivity index (χ1n) is 8.73. The molecule has 0 unspecified atom stereocenters. The van der Waals surface area contributed by atoms with Gasteiger partial charge < -0.3 is 14.2 Å². The molecule has 0 amide bonds. The van der Waals surface area contributed by atoms with Crippen molar-refractivity contribution in [3.8, 4) is 5.75 Å². The Labute approximate surface area is 170 Å². The Morgan fingerprint density at radius 1 is 0.966 bits per heavy atom. The lowest BCUT2D eigenvalue weighted by Crippen LogP contribution is -2.28. The third kappa shape index (κ3) is 5.12. The molecule has 0 aliphatic carbocycles. The van der Waals surface area contributed by atoms with E-state index in [9.17, 15) is 18.0 Å². The fraction of sp³-hybridized carbons (Fsp3) is 0.300. The molecule has 8 nitrogen and oxygen atoms in total. The zero-order chi connectivity index (χ0) is 21.6. The molecule has 0 aliphatic rings. The Morgan fingerprint density at radius 2 is 1.59 bits per heavy atom. The highest BCUT2D eigenvalue weighted by molar-refractivity contribution is 7.89. The minimum absolute atomic E-state index is 0.00759. The van der Waals surface area contributed by atoms with Gasteiger partial charge >= 0.3 is 11.9 Å². The molecular formula is C20H23NO7S. The number of rotatable bonds is 8. The fourth-order valence-corrected chi connectivity index (χ4v) is 3.99. The molecule has 0 aromatic heterocycles. The summed E-state index contributed by atoms with van der Waals surface area (Å²) in [5.74, 6) is -0.859. The molecule has 0 saturated carbocycles. The number of hydrogen-bond donors (Lipinski definition) is 0. The molecule has 0 heterocycles. The van der Waals surface area contributed by atoms with Crippen molar-refractivity contribution in [1.82, 2.24) is 4.31 Å². The van der Waals surface area contributed by atoms with Crippen molar-refractivity contribution >= 4 is 22.0 Å². The molecule has 0 saturated heterocycles. The van der Waals surface area contributed by atoms with E-state index in [0.29, 0.717) is 12.4 Å². The van der Waals surface area contributed by atoms with Gasteiger partial charge in [-0.2, -0.15) is 4.31 Å². The molecular weight excluding hydrogens is 398 g/mol. The third-order valence-electron chi connectivity index (χ3n) is 4.14. The summed E-state index contributed by atoms with van der Waals surface area (Å²) in [5, 5.41) is 0. The number of carbonyl (C=O) groups excluding carboxylic acids is 2. The van der Waals surface area contributed by atoms with Crippen LogP contribution < -0.4 is 4.74 Å². The second kappa shape index (κ2) is 9.53. The molecule has 2 rings (SSSR count). The Balaban J connectivity index is 2.41. The van der Waals surface area contributed by atoms with E-state index < -0.39 is 22.0 Å². The molecule has 2 aromatic rings. The van der Waals surface area contributed by atoms with Crippen molar-refractivity contribution in [1.29, 1.82) is 0 Å². The number of carbonyl (C=O) groups is 2. The Bertz CT molecular complexity index is 984. The van der Waals surface area contributed by atoms with Crippen LogP contribution in [0.25, 0.3) is 0 Å². The molecule has 0 radical (unpaired) electrons. The van der Waals surface area contributed by atoms with Gasteiger partial charge in [0.15, 0.2) is 0 Å². The topological polar surface area (TPSA) is 99.2 Å². The van der Waals surface area contributed by atoms with Crippen molar-refractivity contribution in [2.45, 2.75) is 18.4 Å². The van der Waals surface area contributed by atoms with Gasteiger partial charge in [-0.05, 0) is 42.8 Å². The Morgan fingerprint density at radius 3 is 2.14 bits per heavy atom. The summed E-state index contributed by atoms with van der Waals surface area (Å²) in [6.07, 6.45) is 0. The van der Waals surface area contributed by atoms with Gasteiger partial charge in [0.25, 0.3) is 0 Å². The molecule has 0 bridgehead atoms. The molecule has 156 valence electrons. The molecule has 9 heteroatoms. The summed E-state index contributed by atoms with van der Waals surface area (Å²) in [7, 11) is -0.395. The summed E-state index contributed by atoms with van der Waals surface area (Å²) in [4.78, 5) is 23.6. The highest BCUT2D eigenvalue weighted by Crippen LogP contribution is 2.24. The Kier molecular flexibility index (Phi) is 7.35. The van der Waals surface area contributed by atoms with Crippen LogP contribution in [0, 0.1) is 0 Å². The summed E-state index contributed by atoms with van der Waals surface area (Å²) in [5.41, 5.74) is 0.565. The maximum atomic E-state index is 13.2. The van der Waals surface area contributed by atoms with Crippen LogP contribution in [-0.4, -0.2) is 52.5 Å². The van der Waals surface area contributed by atoms with E-state index in [0.717, 1.165) is 23.0 Å². The predicted octanol–water partition coefficient (Wildman–Crippen LogP) is 2.48. The number of esters is 2. The predicted molar refractivity (Wildman–Crippen MR) is 105 cm³/mol. The lowest BCUT2D eigenvalue weighted by molar-refractivity contribution is 0.0583. The average molecular weight is 421 g/mol. The van der Waals surface area contributed by atoms with Gasteiger partial charge in [0.1, 0.15) is 5.75 Å². The largest absolute Gasteiger partial charge is 0.494 e. The van der Waals surface area contributed by atoms with Crippen LogP contribution in [0.2, 0.25) is 0 Å². The molecule has 0 aliphatic heterocycles. The number of benzene rings is 2. The van der Waals surface area contributed by atoms with Crippen LogP contribution in [0.3, 0.4) is 0 Å². The second-order valence-corrected chi connectivity index (χ2v) is 8.05. The van der Waals surface area contributed by atoms with E-state index in [2.05, 4.69) is 9.47 Å². The highest BCUT2D eigenvalue weighted by atomic mass is 32.2. The van der Waals surface area contributed by atoms with Crippen molar-refractivity contribution in [3.63, 3.8) is 0 Å². The van der Waals surface area contributed by atoms with E-state index in [1.807, 2.05) is 6.92 Å². The maximum absolute atomic E-state index is 13.2. The van der Waals surface area contributed by atoms with Gasteiger partial charge in [-0.3, -0.25) is 0 Å². The van der Waals surface area contributed by atoms with Crippen molar-refractivity contribution < 1.29 is 32.2 Å². The number of hydrogen-bond acceptors (Lipinski definition) is 7. The standard InChI is InChI=1S/C20H23NO7S/c1-5-28-16-9-6-14(7-10-16)13-21(2)29(24,25)18-12-15(19(22)26-3)8-11-17(18)20(23)27-4/h6-12H,5,13H2,1-4H3. The second-order valence-electron chi connectivity index (χ2n) is 6.03. The zero-order valence-electron chi connectivity index (χ0n) is 16.7. The van der Waals surface area contributed by atoms with Gasteiger partial charge in [0.2, 0.25) is 10.0 Å². The number of ether oxygens (including phenoxy) is 3. The first kappa shape index (κ1) is 22.4. The lowest BCUT2D eigenvalue weighted by atomic mass is 10.1. The van der Waals surface area contributed by atoms with Crippen LogP contribution in [0.15, 0.2) is 47.4 Å². The van der Waals surface area contributed by atoms with Gasteiger partial charge in [-0.25, -0.2) is 18.0 Å². The smallest absolute Gasteiger partial charge is 0.339 e. The number of nitrogens with zero attached hydrogens (tertiary/aromatic N) is 1. The van der Waals surface area contributed by atoms with Crippen molar-refractivity contribution in [2.75, 3.05) is 27.9 Å². The normalized spacial score (nSPS) is 11.2. The number of sulfonamides is 1. The van der Waals surface area contributed by atoms with Crippen LogP contribution in [0.4, 0.5) is 0 Å². The van der Waals surface area contributed by atoms with E-state index in [-0.39, 0.29) is 22.6 Å². The van der Waals surface area contributed by atoms with E-state index in [1.54, 1.807) is 24.3 Å². The zero-order valence-corrected chi connectivity index (χ0v) is 17.5. The SMILES string of the molecule is CCOc1ccc(CN(C)S(=O)(=O)c2cc(C(=O)OC)ccc2C(=O)OC)cc1. The first-order valence-corrected chi connectivity index (χ1v) is 10.2. The molecule has 2 aromatic carbocycles. The van der Waals surface area contributed by atoms with Crippen molar-refractivity contribution in [3.05, 3.63) is 59.2 Å². The maximum Gasteiger partial charge on any atom is 0.339 e. The van der Waals surface area contributed by atoms with Crippen LogP contribution in [-0.2, 0) is 26.0 Å². The first-order chi connectivity index (χ1) is 13.7.